The van der Waals surface area contributed by atoms with Gasteiger partial charge in [-0.05, 0) is 29.8 Å². The minimum atomic E-state index is -0.475. The van der Waals surface area contributed by atoms with E-state index in [1.54, 1.807) is 24.3 Å². The topological polar surface area (TPSA) is 68.8 Å². The number of nitrogens with zero attached hydrogens (tertiary/aromatic N) is 2. The van der Waals surface area contributed by atoms with Crippen molar-refractivity contribution in [1.29, 1.82) is 0 Å². The van der Waals surface area contributed by atoms with E-state index in [9.17, 15) is 9.18 Å². The molecule has 0 radical (unpaired) electrons. The first-order valence-electron chi connectivity index (χ1n) is 7.98. The largest absolute Gasteiger partial charge is 0.354 e. The molecule has 142 valence electrons. The number of halogens is 3. The molecule has 0 aromatic heterocycles. The number of aliphatic imine (C=N–C) groups is 1. The van der Waals surface area contributed by atoms with Crippen LogP contribution in [0.5, 0.6) is 0 Å². The van der Waals surface area contributed by atoms with Crippen LogP contribution in [0.25, 0.3) is 0 Å². The van der Waals surface area contributed by atoms with Gasteiger partial charge in [0, 0.05) is 12.2 Å². The quantitative estimate of drug-likeness (QED) is 0.556. The molecule has 2 amide bonds. The predicted octanol–water partition coefficient (Wildman–Crippen LogP) is 4.06. The van der Waals surface area contributed by atoms with Gasteiger partial charge in [-0.2, -0.15) is 0 Å². The predicted molar refractivity (Wildman–Crippen MR) is 110 cm³/mol. The zero-order valence-electron chi connectivity index (χ0n) is 14.0. The number of thiol groups is 1. The van der Waals surface area contributed by atoms with Gasteiger partial charge in [-0.1, -0.05) is 48.1 Å². The van der Waals surface area contributed by atoms with Crippen LogP contribution in [0.3, 0.4) is 0 Å². The standard InChI is InChI=1S/C17H16Cl2FN5OS/c18-13-7-12(8-14(19)15(13)23-16-21-5-6-22-16)25(17(26)24-27)9-10-1-3-11(20)4-2-10/h1-4,7-8,27H,5-6,9H2,(H,24,26)(H2,21,22,23). The molecule has 6 nitrogen and oxygen atoms in total. The zero-order valence-corrected chi connectivity index (χ0v) is 16.4. The molecule has 0 atom stereocenters. The minimum absolute atomic E-state index is 0.181. The number of benzene rings is 2. The third kappa shape index (κ3) is 4.77. The SMILES string of the molecule is O=C(NS)N(Cc1ccc(F)cc1)c1cc(Cl)c(NC2=NCCN2)c(Cl)c1. The molecule has 0 spiro atoms. The van der Waals surface area contributed by atoms with Crippen molar-refractivity contribution in [1.82, 2.24) is 10.0 Å². The number of nitrogens with one attached hydrogen (secondary N) is 3. The second-order valence-electron chi connectivity index (χ2n) is 5.70. The molecule has 2 aromatic carbocycles. The number of carbonyl (C=O) groups excluding carboxylic acids is 1. The van der Waals surface area contributed by atoms with E-state index in [0.29, 0.717) is 33.9 Å². The van der Waals surface area contributed by atoms with Crippen LogP contribution >= 0.6 is 36.0 Å². The van der Waals surface area contributed by atoms with Gasteiger partial charge in [0.05, 0.1) is 28.8 Å². The van der Waals surface area contributed by atoms with E-state index in [1.807, 2.05) is 0 Å². The molecule has 1 aliphatic rings. The number of hydrogen-bond donors (Lipinski definition) is 4. The third-order valence-corrected chi connectivity index (χ3v) is 4.64. The normalized spacial score (nSPS) is 13.0. The Morgan fingerprint density at radius 1 is 1.26 bits per heavy atom. The van der Waals surface area contributed by atoms with Crippen molar-refractivity contribution in [3.8, 4) is 0 Å². The van der Waals surface area contributed by atoms with E-state index >= 15 is 0 Å². The van der Waals surface area contributed by atoms with Crippen molar-refractivity contribution in [2.75, 3.05) is 23.3 Å². The van der Waals surface area contributed by atoms with E-state index in [2.05, 4.69) is 33.2 Å². The summed E-state index contributed by atoms with van der Waals surface area (Å²) in [6, 6.07) is 8.59. The third-order valence-electron chi connectivity index (χ3n) is 3.85. The molecule has 0 saturated heterocycles. The fraction of sp³-hybridized carbons (Fsp3) is 0.176. The lowest BCUT2D eigenvalue weighted by Gasteiger charge is -2.23. The van der Waals surface area contributed by atoms with Crippen LogP contribution in [0.1, 0.15) is 5.56 Å². The monoisotopic (exact) mass is 427 g/mol. The summed E-state index contributed by atoms with van der Waals surface area (Å²) in [5, 5.41) is 6.76. The Bertz CT molecular complexity index is 855. The summed E-state index contributed by atoms with van der Waals surface area (Å²) in [4.78, 5) is 17.9. The Morgan fingerprint density at radius 3 is 2.48 bits per heavy atom. The molecule has 3 N–H and O–H groups in total. The van der Waals surface area contributed by atoms with Gasteiger partial charge in [0.15, 0.2) is 5.96 Å². The Hall–Kier alpha value is -2.16. The van der Waals surface area contributed by atoms with Gasteiger partial charge in [-0.25, -0.2) is 9.18 Å². The number of hydrogen-bond acceptors (Lipinski definition) is 5. The van der Waals surface area contributed by atoms with Crippen molar-refractivity contribution in [2.24, 2.45) is 4.99 Å². The molecule has 2 aromatic rings. The van der Waals surface area contributed by atoms with Crippen molar-refractivity contribution < 1.29 is 9.18 Å². The molecule has 3 rings (SSSR count). The van der Waals surface area contributed by atoms with Gasteiger partial charge in [0.2, 0.25) is 0 Å². The highest BCUT2D eigenvalue weighted by Crippen LogP contribution is 2.36. The van der Waals surface area contributed by atoms with Crippen LogP contribution in [-0.4, -0.2) is 25.1 Å². The molecule has 0 fully saturated rings. The van der Waals surface area contributed by atoms with Crippen molar-refractivity contribution >= 4 is 59.4 Å². The van der Waals surface area contributed by atoms with Crippen molar-refractivity contribution in [3.05, 3.63) is 57.8 Å². The summed E-state index contributed by atoms with van der Waals surface area (Å²) in [6.07, 6.45) is 0. The molecule has 0 saturated carbocycles. The molecule has 0 unspecified atom stereocenters. The highest BCUT2D eigenvalue weighted by atomic mass is 35.5. The van der Waals surface area contributed by atoms with Gasteiger partial charge >= 0.3 is 6.03 Å². The lowest BCUT2D eigenvalue weighted by atomic mass is 10.2. The maximum absolute atomic E-state index is 13.1. The Morgan fingerprint density at radius 2 is 1.93 bits per heavy atom. The van der Waals surface area contributed by atoms with E-state index < -0.39 is 6.03 Å². The fourth-order valence-corrected chi connectivity index (χ4v) is 3.24. The minimum Gasteiger partial charge on any atom is -0.354 e. The van der Waals surface area contributed by atoms with Crippen LogP contribution < -0.4 is 20.3 Å². The first kappa shape index (κ1) is 19.6. The Labute approximate surface area is 171 Å². The van der Waals surface area contributed by atoms with E-state index in [4.69, 9.17) is 23.2 Å². The number of guanidine groups is 1. The van der Waals surface area contributed by atoms with Gasteiger partial charge < -0.3 is 10.6 Å². The maximum atomic E-state index is 13.1. The lowest BCUT2D eigenvalue weighted by molar-refractivity contribution is 0.251. The van der Waals surface area contributed by atoms with Gasteiger partial charge in [0.1, 0.15) is 5.82 Å². The molecular weight excluding hydrogens is 412 g/mol. The zero-order chi connectivity index (χ0) is 19.4. The second-order valence-corrected chi connectivity index (χ2v) is 6.73. The van der Waals surface area contributed by atoms with Crippen LogP contribution in [0.15, 0.2) is 41.4 Å². The number of urea groups is 1. The summed E-state index contributed by atoms with van der Waals surface area (Å²) < 4.78 is 15.4. The summed E-state index contributed by atoms with van der Waals surface area (Å²) in [5.41, 5.74) is 1.68. The number of amides is 2. The molecule has 0 bridgehead atoms. The maximum Gasteiger partial charge on any atom is 0.331 e. The lowest BCUT2D eigenvalue weighted by Crippen LogP contribution is -2.35. The van der Waals surface area contributed by atoms with Crippen molar-refractivity contribution in [2.45, 2.75) is 6.54 Å². The van der Waals surface area contributed by atoms with E-state index in [0.717, 1.165) is 12.1 Å². The van der Waals surface area contributed by atoms with Crippen LogP contribution in [0, 0.1) is 5.82 Å². The van der Waals surface area contributed by atoms with Crippen LogP contribution in [-0.2, 0) is 6.54 Å². The summed E-state index contributed by atoms with van der Waals surface area (Å²) in [7, 11) is 0. The molecule has 0 aliphatic carbocycles. The smallest absolute Gasteiger partial charge is 0.331 e. The van der Waals surface area contributed by atoms with Crippen LogP contribution in [0.2, 0.25) is 10.0 Å². The van der Waals surface area contributed by atoms with Gasteiger partial charge in [0.25, 0.3) is 0 Å². The first-order valence-corrected chi connectivity index (χ1v) is 9.18. The second kappa shape index (κ2) is 8.69. The number of rotatable bonds is 4. The van der Waals surface area contributed by atoms with E-state index in [1.165, 1.54) is 17.0 Å². The van der Waals surface area contributed by atoms with E-state index in [-0.39, 0.29) is 12.4 Å². The summed E-state index contributed by atoms with van der Waals surface area (Å²) in [5.74, 6) is 0.233. The van der Waals surface area contributed by atoms with Gasteiger partial charge in [-0.3, -0.25) is 14.6 Å². The average molecular weight is 428 g/mol. The van der Waals surface area contributed by atoms with Gasteiger partial charge in [-0.15, -0.1) is 0 Å². The highest BCUT2D eigenvalue weighted by Gasteiger charge is 2.19. The van der Waals surface area contributed by atoms with Crippen LogP contribution in [0.4, 0.5) is 20.6 Å². The highest BCUT2D eigenvalue weighted by molar-refractivity contribution is 7.78. The number of anilines is 2. The fourth-order valence-electron chi connectivity index (χ4n) is 2.55. The molecule has 1 heterocycles. The average Bonchev–Trinajstić information content (AvgIpc) is 3.16. The number of carbonyl (C=O) groups is 1. The van der Waals surface area contributed by atoms with Crippen molar-refractivity contribution in [3.63, 3.8) is 0 Å². The summed E-state index contributed by atoms with van der Waals surface area (Å²) >= 11 is 16.6. The summed E-state index contributed by atoms with van der Waals surface area (Å²) in [6.45, 7) is 1.59. The molecule has 10 heteroatoms. The first-order chi connectivity index (χ1) is 13.0. The molecule has 1 aliphatic heterocycles. The molecular formula is C17H16Cl2FN5OS. The molecule has 27 heavy (non-hydrogen) atoms. The Balaban J connectivity index is 1.89. The Kier molecular flexibility index (Phi) is 6.30.